The van der Waals surface area contributed by atoms with E-state index >= 15 is 0 Å². The Labute approximate surface area is 179 Å². The normalized spacial score (nSPS) is 11.6. The zero-order valence-corrected chi connectivity index (χ0v) is 17.6. The first-order valence-corrected chi connectivity index (χ1v) is 9.78. The van der Waals surface area contributed by atoms with E-state index in [2.05, 4.69) is 15.6 Å². The van der Waals surface area contributed by atoms with E-state index in [9.17, 15) is 9.59 Å². The third-order valence-electron chi connectivity index (χ3n) is 4.36. The van der Waals surface area contributed by atoms with Crippen molar-refractivity contribution in [3.63, 3.8) is 0 Å². The molecule has 2 amide bonds. The monoisotopic (exact) mass is 427 g/mol. The molecular formula is C22H22ClN3O4. The molecule has 0 radical (unpaired) electrons. The molecule has 1 heterocycles. The highest BCUT2D eigenvalue weighted by Crippen LogP contribution is 2.32. The fraction of sp³-hybridized carbons (Fsp3) is 0.227. The molecule has 0 aliphatic heterocycles. The van der Waals surface area contributed by atoms with Crippen molar-refractivity contribution in [1.82, 2.24) is 10.3 Å². The van der Waals surface area contributed by atoms with E-state index in [0.717, 1.165) is 16.6 Å². The predicted molar refractivity (Wildman–Crippen MR) is 117 cm³/mol. The standard InChI is InChI=1S/C22H22ClN3O4/c1-4-30-21(27)13(2)24-22(28)25-16-8-9-18-17(11-16)20(29-3)12-19(26-18)14-6-5-7-15(23)10-14/h5-13H,4H2,1-3H3,(H2,24,25,28). The van der Waals surface area contributed by atoms with Gasteiger partial charge in [-0.15, -0.1) is 0 Å². The van der Waals surface area contributed by atoms with Crippen molar-refractivity contribution in [2.75, 3.05) is 19.0 Å². The van der Waals surface area contributed by atoms with Crippen LogP contribution in [0.1, 0.15) is 13.8 Å². The van der Waals surface area contributed by atoms with Gasteiger partial charge in [-0.2, -0.15) is 0 Å². The fourth-order valence-electron chi connectivity index (χ4n) is 2.93. The number of rotatable bonds is 6. The number of benzene rings is 2. The zero-order valence-electron chi connectivity index (χ0n) is 16.9. The van der Waals surface area contributed by atoms with Crippen LogP contribution in [0.3, 0.4) is 0 Å². The molecule has 0 bridgehead atoms. The SMILES string of the molecule is CCOC(=O)C(C)NC(=O)Nc1ccc2nc(-c3cccc(Cl)c3)cc(OC)c2c1. The van der Waals surface area contributed by atoms with Crippen LogP contribution in [0.2, 0.25) is 5.02 Å². The maximum atomic E-state index is 12.2. The molecule has 2 aromatic carbocycles. The average Bonchev–Trinajstić information content (AvgIpc) is 2.73. The van der Waals surface area contributed by atoms with Gasteiger partial charge in [0.05, 0.1) is 24.9 Å². The Balaban J connectivity index is 1.84. The Bertz CT molecular complexity index is 1090. The van der Waals surface area contributed by atoms with Crippen LogP contribution in [0.4, 0.5) is 10.5 Å². The summed E-state index contributed by atoms with van der Waals surface area (Å²) in [6, 6.07) is 13.2. The highest BCUT2D eigenvalue weighted by Gasteiger charge is 2.17. The van der Waals surface area contributed by atoms with Gasteiger partial charge in [-0.25, -0.2) is 14.6 Å². The van der Waals surface area contributed by atoms with Crippen LogP contribution in [-0.2, 0) is 9.53 Å². The van der Waals surface area contributed by atoms with Crippen LogP contribution in [0.5, 0.6) is 5.75 Å². The molecule has 0 saturated carbocycles. The molecule has 7 nitrogen and oxygen atoms in total. The third kappa shape index (κ3) is 4.99. The zero-order chi connectivity index (χ0) is 21.7. The smallest absolute Gasteiger partial charge is 0.328 e. The van der Waals surface area contributed by atoms with E-state index in [-0.39, 0.29) is 6.61 Å². The number of urea groups is 1. The van der Waals surface area contributed by atoms with Crippen molar-refractivity contribution < 1.29 is 19.1 Å². The summed E-state index contributed by atoms with van der Waals surface area (Å²) in [5.74, 6) is 0.115. The molecule has 0 aliphatic rings. The molecular weight excluding hydrogens is 406 g/mol. The summed E-state index contributed by atoms with van der Waals surface area (Å²) in [5, 5.41) is 6.61. The number of pyridine rings is 1. The number of ether oxygens (including phenoxy) is 2. The Morgan fingerprint density at radius 1 is 1.17 bits per heavy atom. The molecule has 1 aromatic heterocycles. The number of fused-ring (bicyclic) bond motifs is 1. The molecule has 156 valence electrons. The van der Waals surface area contributed by atoms with Gasteiger partial charge < -0.3 is 20.1 Å². The summed E-state index contributed by atoms with van der Waals surface area (Å²) in [7, 11) is 1.57. The van der Waals surface area contributed by atoms with Gasteiger partial charge in [0.25, 0.3) is 0 Å². The van der Waals surface area contributed by atoms with Crippen molar-refractivity contribution in [2.24, 2.45) is 0 Å². The van der Waals surface area contributed by atoms with Gasteiger partial charge in [-0.1, -0.05) is 23.7 Å². The maximum absolute atomic E-state index is 12.2. The molecule has 0 saturated heterocycles. The van der Waals surface area contributed by atoms with Crippen molar-refractivity contribution >= 4 is 40.2 Å². The molecule has 1 unspecified atom stereocenters. The van der Waals surface area contributed by atoms with Gasteiger partial charge in [0.1, 0.15) is 11.8 Å². The van der Waals surface area contributed by atoms with Gasteiger partial charge in [-0.3, -0.25) is 0 Å². The lowest BCUT2D eigenvalue weighted by Gasteiger charge is -2.14. The molecule has 0 aliphatic carbocycles. The van der Waals surface area contributed by atoms with E-state index in [4.69, 9.17) is 21.1 Å². The van der Waals surface area contributed by atoms with Crippen LogP contribution >= 0.6 is 11.6 Å². The van der Waals surface area contributed by atoms with Gasteiger partial charge in [0, 0.05) is 27.7 Å². The van der Waals surface area contributed by atoms with Gasteiger partial charge in [0.2, 0.25) is 0 Å². The van der Waals surface area contributed by atoms with Crippen LogP contribution in [-0.4, -0.2) is 36.7 Å². The van der Waals surface area contributed by atoms with E-state index in [1.54, 1.807) is 45.2 Å². The quantitative estimate of drug-likeness (QED) is 0.559. The van der Waals surface area contributed by atoms with Crippen LogP contribution < -0.4 is 15.4 Å². The van der Waals surface area contributed by atoms with Gasteiger partial charge in [0.15, 0.2) is 0 Å². The largest absolute Gasteiger partial charge is 0.496 e. The van der Waals surface area contributed by atoms with Crippen molar-refractivity contribution in [2.45, 2.75) is 19.9 Å². The molecule has 2 N–H and O–H groups in total. The number of carbonyl (C=O) groups is 2. The Kier molecular flexibility index (Phi) is 6.74. The summed E-state index contributed by atoms with van der Waals surface area (Å²) in [5.41, 5.74) is 2.84. The van der Waals surface area contributed by atoms with Gasteiger partial charge in [-0.05, 0) is 44.2 Å². The number of hydrogen-bond donors (Lipinski definition) is 2. The number of nitrogens with one attached hydrogen (secondary N) is 2. The summed E-state index contributed by atoms with van der Waals surface area (Å²) in [6.45, 7) is 3.52. The Morgan fingerprint density at radius 2 is 1.97 bits per heavy atom. The molecule has 3 rings (SSSR count). The van der Waals surface area contributed by atoms with Crippen LogP contribution in [0.25, 0.3) is 22.2 Å². The van der Waals surface area contributed by atoms with Crippen LogP contribution in [0.15, 0.2) is 48.5 Å². The lowest BCUT2D eigenvalue weighted by Crippen LogP contribution is -2.41. The van der Waals surface area contributed by atoms with Crippen molar-refractivity contribution in [1.29, 1.82) is 0 Å². The Morgan fingerprint density at radius 3 is 2.67 bits per heavy atom. The minimum atomic E-state index is -0.762. The highest BCUT2D eigenvalue weighted by atomic mass is 35.5. The lowest BCUT2D eigenvalue weighted by atomic mass is 10.1. The average molecular weight is 428 g/mol. The Hall–Kier alpha value is -3.32. The maximum Gasteiger partial charge on any atom is 0.328 e. The van der Waals surface area contributed by atoms with Crippen LogP contribution in [0, 0.1) is 0 Å². The lowest BCUT2D eigenvalue weighted by molar-refractivity contribution is -0.144. The number of aromatic nitrogens is 1. The van der Waals surface area contributed by atoms with E-state index in [0.29, 0.717) is 22.0 Å². The number of carbonyl (C=O) groups excluding carboxylic acids is 2. The first-order valence-electron chi connectivity index (χ1n) is 9.40. The summed E-state index contributed by atoms with van der Waals surface area (Å²) >= 11 is 6.09. The van der Waals surface area contributed by atoms with Crippen molar-refractivity contribution in [3.8, 4) is 17.0 Å². The second-order valence-electron chi connectivity index (χ2n) is 6.52. The molecule has 3 aromatic rings. The third-order valence-corrected chi connectivity index (χ3v) is 4.59. The number of amides is 2. The second kappa shape index (κ2) is 9.45. The first-order chi connectivity index (χ1) is 14.4. The summed E-state index contributed by atoms with van der Waals surface area (Å²) < 4.78 is 10.4. The number of nitrogens with zero attached hydrogens (tertiary/aromatic N) is 1. The van der Waals surface area contributed by atoms with E-state index in [1.807, 2.05) is 24.3 Å². The predicted octanol–water partition coefficient (Wildman–Crippen LogP) is 4.64. The molecule has 0 spiro atoms. The number of halogens is 1. The minimum Gasteiger partial charge on any atom is -0.496 e. The minimum absolute atomic E-state index is 0.251. The number of esters is 1. The fourth-order valence-corrected chi connectivity index (χ4v) is 3.12. The van der Waals surface area contributed by atoms with Crippen molar-refractivity contribution in [3.05, 3.63) is 53.6 Å². The first kappa shape index (κ1) is 21.4. The van der Waals surface area contributed by atoms with E-state index in [1.165, 1.54) is 0 Å². The van der Waals surface area contributed by atoms with E-state index < -0.39 is 18.0 Å². The highest BCUT2D eigenvalue weighted by molar-refractivity contribution is 6.30. The summed E-state index contributed by atoms with van der Waals surface area (Å²) in [6.07, 6.45) is 0. The molecule has 0 fully saturated rings. The second-order valence-corrected chi connectivity index (χ2v) is 6.96. The number of methoxy groups -OCH3 is 1. The molecule has 30 heavy (non-hydrogen) atoms. The summed E-state index contributed by atoms with van der Waals surface area (Å²) in [4.78, 5) is 28.5. The molecule has 1 atom stereocenters. The topological polar surface area (TPSA) is 89.5 Å². The molecule has 8 heteroatoms. The van der Waals surface area contributed by atoms with Gasteiger partial charge >= 0.3 is 12.0 Å². The number of hydrogen-bond acceptors (Lipinski definition) is 5. The number of anilines is 1.